The molecule has 0 fully saturated rings. The number of benzene rings is 1. The van der Waals surface area contributed by atoms with Gasteiger partial charge in [0.25, 0.3) is 0 Å². The van der Waals surface area contributed by atoms with E-state index in [1.807, 2.05) is 0 Å². The lowest BCUT2D eigenvalue weighted by Crippen LogP contribution is -2.42. The van der Waals surface area contributed by atoms with Gasteiger partial charge in [0.2, 0.25) is 0 Å². The van der Waals surface area contributed by atoms with Gasteiger partial charge >= 0.3 is 6.09 Å². The van der Waals surface area contributed by atoms with Crippen LogP contribution in [-0.4, -0.2) is 22.3 Å². The number of nitrogen functional groups attached to an aromatic ring is 1. The second-order valence-corrected chi connectivity index (χ2v) is 7.68. The highest BCUT2D eigenvalue weighted by Crippen LogP contribution is 2.31. The van der Waals surface area contributed by atoms with Crippen molar-refractivity contribution in [3.8, 4) is 0 Å². The average Bonchev–Trinajstić information content (AvgIpc) is 2.45. The Morgan fingerprint density at radius 1 is 1.08 bits per heavy atom. The first kappa shape index (κ1) is 18.9. The Morgan fingerprint density at radius 2 is 1.72 bits per heavy atom. The number of aromatic nitrogens is 1. The molecular weight excluding hydrogens is 325 g/mol. The van der Waals surface area contributed by atoms with Crippen molar-refractivity contribution in [1.29, 1.82) is 0 Å². The van der Waals surface area contributed by atoms with Gasteiger partial charge in [-0.1, -0.05) is 0 Å². The van der Waals surface area contributed by atoms with Gasteiger partial charge in [0.1, 0.15) is 5.60 Å². The number of ether oxygens (including phenoxy) is 1. The predicted octanol–water partition coefficient (Wildman–Crippen LogP) is 4.43. The van der Waals surface area contributed by atoms with Crippen LogP contribution in [0.1, 0.15) is 41.5 Å². The van der Waals surface area contributed by atoms with Crippen LogP contribution in [0.4, 0.5) is 20.7 Å². The molecule has 136 valence electrons. The quantitative estimate of drug-likeness (QED) is 0.641. The second kappa shape index (κ2) is 6.48. The molecule has 1 aromatic carbocycles. The van der Waals surface area contributed by atoms with Gasteiger partial charge in [0.05, 0.1) is 11.3 Å². The Hall–Kier alpha value is -2.41. The van der Waals surface area contributed by atoms with E-state index in [9.17, 15) is 9.18 Å². The summed E-state index contributed by atoms with van der Waals surface area (Å²) >= 11 is 0. The van der Waals surface area contributed by atoms with Gasteiger partial charge < -0.3 is 10.5 Å². The van der Waals surface area contributed by atoms with Crippen LogP contribution in [-0.2, 0) is 9.57 Å². The van der Waals surface area contributed by atoms with Crippen LogP contribution in [0.5, 0.6) is 0 Å². The van der Waals surface area contributed by atoms with E-state index in [0.717, 1.165) is 5.06 Å². The summed E-state index contributed by atoms with van der Waals surface area (Å²) in [6.45, 7) is 10.6. The zero-order chi connectivity index (χ0) is 19.0. The lowest BCUT2D eigenvalue weighted by atomic mass is 10.1. The largest absolute Gasteiger partial charge is 0.442 e. The number of carbonyl (C=O) groups excluding carboxylic acids is 1. The van der Waals surface area contributed by atoms with E-state index in [0.29, 0.717) is 5.39 Å². The highest BCUT2D eigenvalue weighted by Gasteiger charge is 2.31. The van der Waals surface area contributed by atoms with Gasteiger partial charge in [-0.15, -0.1) is 5.06 Å². The van der Waals surface area contributed by atoms with E-state index in [2.05, 4.69) is 4.98 Å². The Bertz CT molecular complexity index is 794. The maximum Gasteiger partial charge on any atom is 0.440 e. The number of carbonyl (C=O) groups is 1. The predicted molar refractivity (Wildman–Crippen MR) is 95.7 cm³/mol. The number of hydrogen-bond acceptors (Lipinski definition) is 5. The van der Waals surface area contributed by atoms with E-state index in [1.165, 1.54) is 18.3 Å². The summed E-state index contributed by atoms with van der Waals surface area (Å²) < 4.78 is 19.7. The normalized spacial score (nSPS) is 12.3. The van der Waals surface area contributed by atoms with Crippen LogP contribution in [0.2, 0.25) is 0 Å². The second-order valence-electron chi connectivity index (χ2n) is 7.68. The number of hydrogen-bond donors (Lipinski definition) is 1. The summed E-state index contributed by atoms with van der Waals surface area (Å²) in [5, 5.41) is 1.60. The van der Waals surface area contributed by atoms with Crippen LogP contribution in [0.25, 0.3) is 10.8 Å². The maximum atomic E-state index is 14.3. The third-order valence-electron chi connectivity index (χ3n) is 3.01. The summed E-state index contributed by atoms with van der Waals surface area (Å²) in [4.78, 5) is 22.6. The van der Waals surface area contributed by atoms with Gasteiger partial charge in [-0.3, -0.25) is 4.84 Å². The molecule has 0 bridgehead atoms. The number of anilines is 2. The minimum absolute atomic E-state index is 0.0187. The zero-order valence-corrected chi connectivity index (χ0v) is 15.4. The molecular formula is C18H24FN3O3. The smallest absolute Gasteiger partial charge is 0.440 e. The molecule has 0 aliphatic rings. The summed E-state index contributed by atoms with van der Waals surface area (Å²) in [6.07, 6.45) is 0.656. The highest BCUT2D eigenvalue weighted by atomic mass is 19.1. The number of fused-ring (bicyclic) bond motifs is 1. The summed E-state index contributed by atoms with van der Waals surface area (Å²) in [7, 11) is 0. The molecule has 0 spiro atoms. The molecule has 0 saturated carbocycles. The number of pyridine rings is 1. The minimum Gasteiger partial charge on any atom is -0.442 e. The molecule has 0 unspecified atom stereocenters. The van der Waals surface area contributed by atoms with E-state index in [4.69, 9.17) is 15.3 Å². The van der Waals surface area contributed by atoms with Gasteiger partial charge in [0.15, 0.2) is 11.6 Å². The van der Waals surface area contributed by atoms with Crippen LogP contribution in [0, 0.1) is 5.82 Å². The lowest BCUT2D eigenvalue weighted by Gasteiger charge is -2.31. The van der Waals surface area contributed by atoms with E-state index in [-0.39, 0.29) is 16.9 Å². The molecule has 2 N–H and O–H groups in total. The van der Waals surface area contributed by atoms with Crippen molar-refractivity contribution in [2.24, 2.45) is 0 Å². The van der Waals surface area contributed by atoms with Crippen LogP contribution in [0.3, 0.4) is 0 Å². The van der Waals surface area contributed by atoms with Crippen molar-refractivity contribution in [3.05, 3.63) is 30.2 Å². The number of halogens is 1. The molecule has 0 atom stereocenters. The molecule has 1 heterocycles. The van der Waals surface area contributed by atoms with Crippen molar-refractivity contribution in [1.82, 2.24) is 4.98 Å². The first-order valence-corrected chi connectivity index (χ1v) is 7.94. The summed E-state index contributed by atoms with van der Waals surface area (Å²) in [5.74, 6) is -0.429. The van der Waals surface area contributed by atoms with E-state index in [1.54, 1.807) is 47.6 Å². The lowest BCUT2D eigenvalue weighted by molar-refractivity contribution is -0.0360. The molecule has 1 amide bonds. The van der Waals surface area contributed by atoms with Gasteiger partial charge in [-0.05, 0) is 59.7 Å². The van der Waals surface area contributed by atoms with Gasteiger partial charge in [0, 0.05) is 17.0 Å². The van der Waals surface area contributed by atoms with Crippen molar-refractivity contribution >= 4 is 28.4 Å². The number of hydroxylamine groups is 1. The molecule has 0 aliphatic heterocycles. The molecule has 1 aromatic heterocycles. The third-order valence-corrected chi connectivity index (χ3v) is 3.01. The molecule has 7 heteroatoms. The Kier molecular flexibility index (Phi) is 4.90. The van der Waals surface area contributed by atoms with Crippen molar-refractivity contribution in [2.45, 2.75) is 52.7 Å². The zero-order valence-electron chi connectivity index (χ0n) is 15.4. The van der Waals surface area contributed by atoms with Crippen molar-refractivity contribution in [2.75, 3.05) is 10.8 Å². The molecule has 2 rings (SSSR count). The molecule has 0 saturated heterocycles. The Balaban J connectivity index is 2.60. The monoisotopic (exact) mass is 349 g/mol. The van der Waals surface area contributed by atoms with Crippen LogP contribution >= 0.6 is 0 Å². The van der Waals surface area contributed by atoms with E-state index < -0.39 is 23.1 Å². The summed E-state index contributed by atoms with van der Waals surface area (Å²) in [5.41, 5.74) is 4.22. The van der Waals surface area contributed by atoms with Crippen LogP contribution < -0.4 is 10.8 Å². The van der Waals surface area contributed by atoms with Crippen molar-refractivity contribution < 1.29 is 18.8 Å². The van der Waals surface area contributed by atoms with Gasteiger partial charge in [-0.2, -0.15) is 0 Å². The fourth-order valence-corrected chi connectivity index (χ4v) is 2.13. The molecule has 2 aromatic rings. The first-order valence-electron chi connectivity index (χ1n) is 7.94. The average molecular weight is 349 g/mol. The number of amides is 1. The topological polar surface area (TPSA) is 77.7 Å². The van der Waals surface area contributed by atoms with E-state index >= 15 is 0 Å². The molecule has 0 aliphatic carbocycles. The standard InChI is InChI=1S/C18H24FN3O3/c1-17(2,3)24-16(23)22(25-18(4,5)6)15-12-7-8-13(20)14(19)11(12)9-10-21-15/h7-10H,20H2,1-6H3. The SMILES string of the molecule is CC(C)(C)OC(=O)N(OC(C)(C)C)c1nccc2c(F)c(N)ccc12. The number of nitrogens with two attached hydrogens (primary N) is 1. The fraction of sp³-hybridized carbons (Fsp3) is 0.444. The number of nitrogens with zero attached hydrogens (tertiary/aromatic N) is 2. The van der Waals surface area contributed by atoms with Crippen molar-refractivity contribution in [3.63, 3.8) is 0 Å². The highest BCUT2D eigenvalue weighted by molar-refractivity contribution is 5.99. The maximum absolute atomic E-state index is 14.3. The fourth-order valence-electron chi connectivity index (χ4n) is 2.13. The third kappa shape index (κ3) is 4.57. The Labute approximate surface area is 146 Å². The first-order chi connectivity index (χ1) is 11.4. The number of rotatable bonds is 2. The van der Waals surface area contributed by atoms with Gasteiger partial charge in [-0.25, -0.2) is 14.2 Å². The Morgan fingerprint density at radius 3 is 2.28 bits per heavy atom. The van der Waals surface area contributed by atoms with Crippen LogP contribution in [0.15, 0.2) is 24.4 Å². The molecule has 25 heavy (non-hydrogen) atoms. The minimum atomic E-state index is -0.736. The molecule has 6 nitrogen and oxygen atoms in total. The molecule has 0 radical (unpaired) electrons. The summed E-state index contributed by atoms with van der Waals surface area (Å²) in [6, 6.07) is 4.52.